The second-order valence-corrected chi connectivity index (χ2v) is 8.65. The fourth-order valence-corrected chi connectivity index (χ4v) is 4.11. The molecule has 0 saturated carbocycles. The van der Waals surface area contributed by atoms with Gasteiger partial charge in [0, 0.05) is 18.1 Å². The van der Waals surface area contributed by atoms with Gasteiger partial charge in [0.25, 0.3) is 0 Å². The van der Waals surface area contributed by atoms with Crippen molar-refractivity contribution in [2.45, 2.75) is 86.9 Å². The highest BCUT2D eigenvalue weighted by Crippen LogP contribution is 2.28. The molecule has 0 aromatic heterocycles. The van der Waals surface area contributed by atoms with Crippen molar-refractivity contribution in [2.75, 3.05) is 19.8 Å². The van der Waals surface area contributed by atoms with Crippen LogP contribution in [0.3, 0.4) is 0 Å². The molecule has 6 heteroatoms. The van der Waals surface area contributed by atoms with Gasteiger partial charge < -0.3 is 24.7 Å². The van der Waals surface area contributed by atoms with Crippen LogP contribution in [0.15, 0.2) is 66.7 Å². The maximum Gasteiger partial charge on any atom is 0.199 e. The number of hydrogen-bond donors (Lipinski definition) is 2. The lowest BCUT2D eigenvalue weighted by molar-refractivity contribution is -0.105. The van der Waals surface area contributed by atoms with Crippen LogP contribution >= 0.6 is 0 Å². The van der Waals surface area contributed by atoms with E-state index in [-0.39, 0.29) is 12.1 Å². The average molecular weight is 565 g/mol. The SMILES string of the molecule is CC.CC.CC.CCCc1cc(-c2ccc(C(=N)N)cc2)ccc1OCCOc1cccc(OC2CCCCO2)c1. The van der Waals surface area contributed by atoms with Gasteiger partial charge in [-0.2, -0.15) is 0 Å². The van der Waals surface area contributed by atoms with Gasteiger partial charge >= 0.3 is 0 Å². The van der Waals surface area contributed by atoms with Gasteiger partial charge in [-0.3, -0.25) is 5.41 Å². The summed E-state index contributed by atoms with van der Waals surface area (Å²) in [6.45, 7) is 15.8. The van der Waals surface area contributed by atoms with Crippen molar-refractivity contribution in [2.24, 2.45) is 5.73 Å². The van der Waals surface area contributed by atoms with E-state index in [1.54, 1.807) is 0 Å². The van der Waals surface area contributed by atoms with E-state index < -0.39 is 0 Å². The van der Waals surface area contributed by atoms with Gasteiger partial charge in [-0.05, 0) is 60.2 Å². The summed E-state index contributed by atoms with van der Waals surface area (Å²) in [5.41, 5.74) is 9.67. The van der Waals surface area contributed by atoms with E-state index in [0.717, 1.165) is 72.6 Å². The molecule has 4 rings (SSSR count). The van der Waals surface area contributed by atoms with Gasteiger partial charge in [-0.1, -0.05) is 91.3 Å². The fourth-order valence-electron chi connectivity index (χ4n) is 4.11. The van der Waals surface area contributed by atoms with Crippen LogP contribution in [0.4, 0.5) is 0 Å². The molecule has 0 radical (unpaired) electrons. The third-order valence-electron chi connectivity index (χ3n) is 5.93. The summed E-state index contributed by atoms with van der Waals surface area (Å²) in [7, 11) is 0. The smallest absolute Gasteiger partial charge is 0.199 e. The molecule has 3 aromatic rings. The first-order valence-corrected chi connectivity index (χ1v) is 15.3. The third kappa shape index (κ3) is 12.3. The maximum atomic E-state index is 7.57. The van der Waals surface area contributed by atoms with Crippen LogP contribution in [-0.4, -0.2) is 31.9 Å². The summed E-state index contributed by atoms with van der Waals surface area (Å²) in [5.74, 6) is 2.46. The van der Waals surface area contributed by atoms with E-state index in [1.807, 2.05) is 96.1 Å². The molecule has 41 heavy (non-hydrogen) atoms. The van der Waals surface area contributed by atoms with Crippen LogP contribution in [0.1, 0.15) is 85.3 Å². The van der Waals surface area contributed by atoms with Crippen molar-refractivity contribution in [3.63, 3.8) is 0 Å². The minimum Gasteiger partial charge on any atom is -0.490 e. The second kappa shape index (κ2) is 21.3. The van der Waals surface area contributed by atoms with Crippen LogP contribution in [0.2, 0.25) is 0 Å². The summed E-state index contributed by atoms with van der Waals surface area (Å²) in [6, 6.07) is 21.7. The zero-order chi connectivity index (χ0) is 30.5. The minimum absolute atomic E-state index is 0.0756. The molecule has 1 aliphatic heterocycles. The highest BCUT2D eigenvalue weighted by Gasteiger charge is 2.15. The Kier molecular flexibility index (Phi) is 18.4. The molecule has 0 amide bonds. The Morgan fingerprint density at radius 1 is 0.829 bits per heavy atom. The minimum atomic E-state index is -0.172. The van der Waals surface area contributed by atoms with Crippen LogP contribution in [0.5, 0.6) is 17.2 Å². The molecular weight excluding hydrogens is 512 g/mol. The van der Waals surface area contributed by atoms with Gasteiger partial charge in [-0.25, -0.2) is 0 Å². The van der Waals surface area contributed by atoms with E-state index in [2.05, 4.69) is 19.1 Å². The Morgan fingerprint density at radius 2 is 1.49 bits per heavy atom. The molecule has 0 bridgehead atoms. The van der Waals surface area contributed by atoms with Crippen molar-refractivity contribution >= 4 is 5.84 Å². The normalized spacial score (nSPS) is 13.6. The first-order valence-electron chi connectivity index (χ1n) is 15.3. The molecule has 6 nitrogen and oxygen atoms in total. The number of ether oxygens (including phenoxy) is 4. The molecular formula is C35H52N2O4. The van der Waals surface area contributed by atoms with Gasteiger partial charge in [0.2, 0.25) is 0 Å². The first-order chi connectivity index (χ1) is 20.1. The molecule has 1 aliphatic rings. The largest absolute Gasteiger partial charge is 0.490 e. The number of amidine groups is 1. The summed E-state index contributed by atoms with van der Waals surface area (Å²) < 4.78 is 23.6. The topological polar surface area (TPSA) is 86.8 Å². The van der Waals surface area contributed by atoms with E-state index in [0.29, 0.717) is 13.2 Å². The highest BCUT2D eigenvalue weighted by atomic mass is 16.7. The first kappa shape index (κ1) is 35.5. The molecule has 1 saturated heterocycles. The Hall–Kier alpha value is -3.51. The molecule has 3 N–H and O–H groups in total. The van der Waals surface area contributed by atoms with Crippen LogP contribution in [0, 0.1) is 5.41 Å². The molecule has 1 heterocycles. The van der Waals surface area contributed by atoms with Crippen molar-refractivity contribution in [1.29, 1.82) is 5.41 Å². The molecule has 226 valence electrons. The van der Waals surface area contributed by atoms with E-state index in [4.69, 9.17) is 30.1 Å². The number of aryl methyl sites for hydroxylation is 1. The molecule has 1 fully saturated rings. The van der Waals surface area contributed by atoms with Crippen molar-refractivity contribution < 1.29 is 18.9 Å². The third-order valence-corrected chi connectivity index (χ3v) is 5.93. The molecule has 1 unspecified atom stereocenters. The van der Waals surface area contributed by atoms with Gasteiger partial charge in [0.15, 0.2) is 6.29 Å². The Labute approximate surface area is 248 Å². The maximum absolute atomic E-state index is 7.57. The van der Waals surface area contributed by atoms with E-state index >= 15 is 0 Å². The number of hydrogen-bond acceptors (Lipinski definition) is 5. The van der Waals surface area contributed by atoms with Crippen LogP contribution in [-0.2, 0) is 11.2 Å². The number of nitrogen functional groups attached to an aromatic ring is 1. The lowest BCUT2D eigenvalue weighted by Gasteiger charge is -2.23. The number of nitrogens with one attached hydrogen (secondary N) is 1. The monoisotopic (exact) mass is 564 g/mol. The zero-order valence-electron chi connectivity index (χ0n) is 26.3. The van der Waals surface area contributed by atoms with Crippen LogP contribution < -0.4 is 19.9 Å². The summed E-state index contributed by atoms with van der Waals surface area (Å²) in [6.07, 6.45) is 4.93. The quantitative estimate of drug-likeness (QED) is 0.138. The Bertz CT molecular complexity index is 1110. The van der Waals surface area contributed by atoms with Crippen molar-refractivity contribution in [3.8, 4) is 28.4 Å². The van der Waals surface area contributed by atoms with Crippen molar-refractivity contribution in [1.82, 2.24) is 0 Å². The van der Waals surface area contributed by atoms with Crippen molar-refractivity contribution in [3.05, 3.63) is 77.9 Å². The summed E-state index contributed by atoms with van der Waals surface area (Å²) in [5, 5.41) is 7.57. The number of benzene rings is 3. The second-order valence-electron chi connectivity index (χ2n) is 8.65. The van der Waals surface area contributed by atoms with Gasteiger partial charge in [-0.15, -0.1) is 0 Å². The molecule has 0 spiro atoms. The summed E-state index contributed by atoms with van der Waals surface area (Å²) >= 11 is 0. The number of rotatable bonds is 11. The predicted octanol–water partition coefficient (Wildman–Crippen LogP) is 9.03. The molecule has 3 aromatic carbocycles. The van der Waals surface area contributed by atoms with Gasteiger partial charge in [0.05, 0.1) is 6.61 Å². The van der Waals surface area contributed by atoms with E-state index in [1.165, 1.54) is 5.56 Å². The molecule has 0 aliphatic carbocycles. The lowest BCUT2D eigenvalue weighted by atomic mass is 9.99. The van der Waals surface area contributed by atoms with Gasteiger partial charge in [0.1, 0.15) is 36.3 Å². The fraction of sp³-hybridized carbons (Fsp3) is 0.457. The highest BCUT2D eigenvalue weighted by molar-refractivity contribution is 5.95. The van der Waals surface area contributed by atoms with E-state index in [9.17, 15) is 0 Å². The zero-order valence-corrected chi connectivity index (χ0v) is 26.3. The Morgan fingerprint density at radius 3 is 2.12 bits per heavy atom. The Balaban J connectivity index is 0.00000131. The standard InChI is InChI=1S/C29H34N2O4.3C2H6/c1-2-6-24-19-23(21-10-12-22(13-11-21)29(30)31)14-15-27(24)33-18-17-32-25-7-5-8-26(20-25)35-28-9-3-4-16-34-28;3*1-2/h5,7-8,10-15,19-20,28H,2-4,6,9,16-18H2,1H3,(H3,30,31);3*1-2H3. The molecule has 1 atom stereocenters. The lowest BCUT2D eigenvalue weighted by Crippen LogP contribution is -2.24. The average Bonchev–Trinajstić information content (AvgIpc) is 3.04. The predicted molar refractivity (Wildman–Crippen MR) is 173 cm³/mol. The van der Waals surface area contributed by atoms with Crippen LogP contribution in [0.25, 0.3) is 11.1 Å². The number of nitrogens with two attached hydrogens (primary N) is 1. The summed E-state index contributed by atoms with van der Waals surface area (Å²) in [4.78, 5) is 0.